The molecule has 0 unspecified atom stereocenters. The van der Waals surface area contributed by atoms with Crippen molar-refractivity contribution in [3.63, 3.8) is 0 Å². The Morgan fingerprint density at radius 2 is 2.08 bits per heavy atom. The Balaban J connectivity index is 1.48. The van der Waals surface area contributed by atoms with Gasteiger partial charge in [0.1, 0.15) is 17.0 Å². The van der Waals surface area contributed by atoms with Crippen LogP contribution in [-0.4, -0.2) is 40.3 Å². The van der Waals surface area contributed by atoms with E-state index in [0.29, 0.717) is 18.9 Å². The number of alkyl halides is 1. The van der Waals surface area contributed by atoms with E-state index in [1.54, 1.807) is 19.1 Å². The summed E-state index contributed by atoms with van der Waals surface area (Å²) in [4.78, 5) is 18.4. The average molecular weight is 397 g/mol. The smallest absolute Gasteiger partial charge is 0.237 e. The number of rotatable bonds is 6. The predicted octanol–water partition coefficient (Wildman–Crippen LogP) is 3.23. The fourth-order valence-electron chi connectivity index (χ4n) is 2.94. The van der Waals surface area contributed by atoms with Crippen LogP contribution in [0.15, 0.2) is 24.3 Å². The van der Waals surface area contributed by atoms with E-state index in [4.69, 9.17) is 11.6 Å². The van der Waals surface area contributed by atoms with Crippen molar-refractivity contribution in [1.82, 2.24) is 14.7 Å². The molecule has 26 heavy (non-hydrogen) atoms. The molecule has 1 aliphatic rings. The van der Waals surface area contributed by atoms with Gasteiger partial charge in [0.15, 0.2) is 0 Å². The molecule has 1 aromatic carbocycles. The third-order valence-corrected chi connectivity index (χ3v) is 5.56. The van der Waals surface area contributed by atoms with Gasteiger partial charge in [0.2, 0.25) is 11.0 Å². The second-order valence-electron chi connectivity index (χ2n) is 6.59. The van der Waals surface area contributed by atoms with Crippen molar-refractivity contribution in [1.29, 1.82) is 0 Å². The molecule has 1 aliphatic heterocycles. The molecular weight excluding hydrogens is 375 g/mol. The number of hydrogen-bond acceptors (Lipinski definition) is 5. The zero-order valence-electron chi connectivity index (χ0n) is 14.6. The van der Waals surface area contributed by atoms with Crippen LogP contribution in [0, 0.1) is 11.7 Å². The summed E-state index contributed by atoms with van der Waals surface area (Å²) in [7, 11) is 0. The number of nitrogens with zero attached hydrogens (tertiary/aromatic N) is 3. The fourth-order valence-corrected chi connectivity index (χ4v) is 3.76. The molecule has 0 saturated carbocycles. The first-order valence-corrected chi connectivity index (χ1v) is 9.96. The topological polar surface area (TPSA) is 58.1 Å². The molecule has 5 nitrogen and oxygen atoms in total. The van der Waals surface area contributed by atoms with Crippen LogP contribution in [0.3, 0.4) is 0 Å². The number of nitrogens with one attached hydrogen (secondary N) is 1. The lowest BCUT2D eigenvalue weighted by molar-refractivity contribution is -0.120. The van der Waals surface area contributed by atoms with Gasteiger partial charge >= 0.3 is 0 Å². The number of anilines is 1. The minimum Gasteiger partial charge on any atom is -0.355 e. The molecule has 2 heterocycles. The van der Waals surface area contributed by atoms with Crippen molar-refractivity contribution in [2.75, 3.05) is 24.5 Å². The zero-order valence-corrected chi connectivity index (χ0v) is 16.2. The van der Waals surface area contributed by atoms with Crippen LogP contribution in [0.1, 0.15) is 31.2 Å². The van der Waals surface area contributed by atoms with E-state index in [0.717, 1.165) is 42.5 Å². The van der Waals surface area contributed by atoms with Crippen molar-refractivity contribution < 1.29 is 9.18 Å². The standard InChI is InChI=1S/C18H22ClFN4OS/c1-12(19)17(25)21-11-14-6-8-24(9-7-14)18-22-16(23-26-18)10-13-2-4-15(20)5-3-13/h2-5,12,14H,6-11H2,1H3,(H,21,25)/t12-/m1/s1. The normalized spacial score (nSPS) is 16.5. The largest absolute Gasteiger partial charge is 0.355 e. The molecule has 140 valence electrons. The van der Waals surface area contributed by atoms with Crippen LogP contribution in [0.25, 0.3) is 0 Å². The number of aromatic nitrogens is 2. The first kappa shape index (κ1) is 19.0. The summed E-state index contributed by atoms with van der Waals surface area (Å²) in [5.41, 5.74) is 0.999. The number of piperidine rings is 1. The number of benzene rings is 1. The van der Waals surface area contributed by atoms with E-state index in [-0.39, 0.29) is 11.7 Å². The molecule has 3 rings (SSSR count). The number of carbonyl (C=O) groups is 1. The predicted molar refractivity (Wildman–Crippen MR) is 102 cm³/mol. The molecule has 1 amide bonds. The maximum absolute atomic E-state index is 13.0. The number of amides is 1. The summed E-state index contributed by atoms with van der Waals surface area (Å²) < 4.78 is 17.4. The van der Waals surface area contributed by atoms with Crippen LogP contribution in [-0.2, 0) is 11.2 Å². The molecule has 1 fully saturated rings. The maximum Gasteiger partial charge on any atom is 0.237 e. The van der Waals surface area contributed by atoms with Crippen molar-refractivity contribution in [3.05, 3.63) is 41.5 Å². The Bertz CT molecular complexity index is 729. The monoisotopic (exact) mass is 396 g/mol. The highest BCUT2D eigenvalue weighted by molar-refractivity contribution is 7.09. The third kappa shape index (κ3) is 5.14. The quantitative estimate of drug-likeness (QED) is 0.761. The lowest BCUT2D eigenvalue weighted by Crippen LogP contribution is -2.40. The van der Waals surface area contributed by atoms with E-state index in [1.807, 2.05) is 0 Å². The van der Waals surface area contributed by atoms with Gasteiger partial charge in [0, 0.05) is 37.6 Å². The SMILES string of the molecule is C[C@@H](Cl)C(=O)NCC1CCN(c2nc(Cc3ccc(F)cc3)ns2)CC1. The number of hydrogen-bond donors (Lipinski definition) is 1. The third-order valence-electron chi connectivity index (χ3n) is 4.54. The summed E-state index contributed by atoms with van der Waals surface area (Å²) >= 11 is 7.17. The van der Waals surface area contributed by atoms with E-state index in [9.17, 15) is 9.18 Å². The van der Waals surface area contributed by atoms with Crippen molar-refractivity contribution in [2.45, 2.75) is 31.6 Å². The fraction of sp³-hybridized carbons (Fsp3) is 0.500. The van der Waals surface area contributed by atoms with Crippen LogP contribution in [0.2, 0.25) is 0 Å². The van der Waals surface area contributed by atoms with E-state index >= 15 is 0 Å². The molecule has 2 aromatic rings. The molecule has 1 saturated heterocycles. The van der Waals surface area contributed by atoms with Crippen LogP contribution >= 0.6 is 23.1 Å². The Kier molecular flexibility index (Phi) is 6.43. The number of halogens is 2. The van der Waals surface area contributed by atoms with Gasteiger partial charge < -0.3 is 10.2 Å². The van der Waals surface area contributed by atoms with Crippen LogP contribution in [0.5, 0.6) is 0 Å². The van der Waals surface area contributed by atoms with E-state index < -0.39 is 5.38 Å². The van der Waals surface area contributed by atoms with Gasteiger partial charge in [-0.25, -0.2) is 9.37 Å². The first-order chi connectivity index (χ1) is 12.5. The zero-order chi connectivity index (χ0) is 18.5. The molecular formula is C18H22ClFN4OS. The molecule has 1 N–H and O–H groups in total. The molecule has 0 aliphatic carbocycles. The Morgan fingerprint density at radius 1 is 1.38 bits per heavy atom. The average Bonchev–Trinajstić information content (AvgIpc) is 3.10. The van der Waals surface area contributed by atoms with E-state index in [1.165, 1.54) is 23.7 Å². The molecule has 8 heteroatoms. The molecule has 0 spiro atoms. The Hall–Kier alpha value is -1.73. The Labute approximate surface area is 161 Å². The van der Waals surface area contributed by atoms with Gasteiger partial charge in [-0.05, 0) is 43.4 Å². The second kappa shape index (κ2) is 8.77. The summed E-state index contributed by atoms with van der Waals surface area (Å²) in [5, 5.41) is 3.34. The Morgan fingerprint density at radius 3 is 2.73 bits per heavy atom. The van der Waals surface area contributed by atoms with Gasteiger partial charge in [-0.15, -0.1) is 11.6 Å². The maximum atomic E-state index is 13.0. The highest BCUT2D eigenvalue weighted by Gasteiger charge is 2.22. The van der Waals surface area contributed by atoms with Crippen LogP contribution in [0.4, 0.5) is 9.52 Å². The highest BCUT2D eigenvalue weighted by atomic mass is 35.5. The van der Waals surface area contributed by atoms with Crippen molar-refractivity contribution in [2.24, 2.45) is 5.92 Å². The summed E-state index contributed by atoms with van der Waals surface area (Å²) in [6, 6.07) is 6.43. The molecule has 0 radical (unpaired) electrons. The summed E-state index contributed by atoms with van der Waals surface area (Å²) in [6.45, 7) is 4.17. The summed E-state index contributed by atoms with van der Waals surface area (Å²) in [5.74, 6) is 0.892. The highest BCUT2D eigenvalue weighted by Crippen LogP contribution is 2.25. The van der Waals surface area contributed by atoms with Crippen LogP contribution < -0.4 is 10.2 Å². The van der Waals surface area contributed by atoms with Crippen molar-refractivity contribution in [3.8, 4) is 0 Å². The first-order valence-electron chi connectivity index (χ1n) is 8.75. The van der Waals surface area contributed by atoms with Gasteiger partial charge in [-0.2, -0.15) is 4.37 Å². The lowest BCUT2D eigenvalue weighted by atomic mass is 9.97. The van der Waals surface area contributed by atoms with Gasteiger partial charge in [-0.3, -0.25) is 4.79 Å². The van der Waals surface area contributed by atoms with Crippen molar-refractivity contribution >= 4 is 34.2 Å². The van der Waals surface area contributed by atoms with Gasteiger partial charge in [0.05, 0.1) is 0 Å². The minimum absolute atomic E-state index is 0.108. The summed E-state index contributed by atoms with van der Waals surface area (Å²) in [6.07, 6.45) is 2.61. The molecule has 0 bridgehead atoms. The molecule has 1 aromatic heterocycles. The minimum atomic E-state index is -0.490. The molecule has 1 atom stereocenters. The number of carbonyl (C=O) groups excluding carboxylic acids is 1. The van der Waals surface area contributed by atoms with Gasteiger partial charge in [0.25, 0.3) is 0 Å². The van der Waals surface area contributed by atoms with Gasteiger partial charge in [-0.1, -0.05) is 12.1 Å². The second-order valence-corrected chi connectivity index (χ2v) is 7.97. The van der Waals surface area contributed by atoms with E-state index in [2.05, 4.69) is 19.6 Å². The lowest BCUT2D eigenvalue weighted by Gasteiger charge is -2.31.